The predicted molar refractivity (Wildman–Crippen MR) is 88.2 cm³/mol. The van der Waals surface area contributed by atoms with Crippen LogP contribution in [-0.4, -0.2) is 49.4 Å². The molecule has 132 valence electrons. The minimum Gasteiger partial charge on any atom is -0.375 e. The Morgan fingerprint density at radius 2 is 2.12 bits per heavy atom. The Morgan fingerprint density at radius 3 is 2.83 bits per heavy atom. The molecule has 1 aromatic carbocycles. The molecule has 2 aliphatic rings. The van der Waals surface area contributed by atoms with Crippen LogP contribution in [0.3, 0.4) is 0 Å². The molecule has 2 fully saturated rings. The van der Waals surface area contributed by atoms with E-state index in [0.717, 1.165) is 24.8 Å². The fourth-order valence-electron chi connectivity index (χ4n) is 3.81. The van der Waals surface area contributed by atoms with Crippen LogP contribution in [-0.2, 0) is 9.47 Å². The summed E-state index contributed by atoms with van der Waals surface area (Å²) in [6.07, 6.45) is 2.98. The molecule has 4 atom stereocenters. The van der Waals surface area contributed by atoms with Crippen LogP contribution in [0.25, 0.3) is 0 Å². The largest absolute Gasteiger partial charge is 0.375 e. The number of rotatable bonds is 4. The van der Waals surface area contributed by atoms with Gasteiger partial charge in [-0.3, -0.25) is 0 Å². The molecule has 1 saturated heterocycles. The highest BCUT2D eigenvalue weighted by Gasteiger charge is 2.39. The molecule has 0 radical (unpaired) electrons. The first kappa shape index (κ1) is 17.2. The first-order valence-electron chi connectivity index (χ1n) is 8.57. The lowest BCUT2D eigenvalue weighted by molar-refractivity contribution is -0.0394. The standard InChI is InChI=1S/C18H25FN2O3/c1-12(17(23-2)13-6-8-14(19)9-7-13)20-18(22)21-10-11-24-16-5-3-4-15(16)21/h6-9,12,15-17H,3-5,10-11H2,1-2H3,(H,20,22)/t12?,15-,16+,17?/m1/s1. The molecule has 0 bridgehead atoms. The Labute approximate surface area is 142 Å². The third-order valence-electron chi connectivity index (χ3n) is 5.00. The van der Waals surface area contributed by atoms with Crippen LogP contribution in [0.15, 0.2) is 24.3 Å². The van der Waals surface area contributed by atoms with Gasteiger partial charge in [0.1, 0.15) is 11.9 Å². The van der Waals surface area contributed by atoms with Gasteiger partial charge >= 0.3 is 6.03 Å². The summed E-state index contributed by atoms with van der Waals surface area (Å²) in [5.41, 5.74) is 0.840. The van der Waals surface area contributed by atoms with Crippen LogP contribution in [0.2, 0.25) is 0 Å². The Hall–Kier alpha value is -1.66. The van der Waals surface area contributed by atoms with Crippen molar-refractivity contribution in [2.24, 2.45) is 0 Å². The number of ether oxygens (including phenoxy) is 2. The van der Waals surface area contributed by atoms with E-state index in [2.05, 4.69) is 5.32 Å². The number of morpholine rings is 1. The number of amides is 2. The Morgan fingerprint density at radius 1 is 1.38 bits per heavy atom. The maximum atomic E-state index is 13.1. The summed E-state index contributed by atoms with van der Waals surface area (Å²) >= 11 is 0. The van der Waals surface area contributed by atoms with Gasteiger partial charge in [0.2, 0.25) is 0 Å². The summed E-state index contributed by atoms with van der Waals surface area (Å²) < 4.78 is 24.4. The minimum atomic E-state index is -0.324. The van der Waals surface area contributed by atoms with Crippen LogP contribution < -0.4 is 5.32 Å². The van der Waals surface area contributed by atoms with Gasteiger partial charge in [-0.15, -0.1) is 0 Å². The second-order valence-electron chi connectivity index (χ2n) is 6.55. The van der Waals surface area contributed by atoms with Crippen LogP contribution in [0.5, 0.6) is 0 Å². The molecule has 1 saturated carbocycles. The van der Waals surface area contributed by atoms with Crippen molar-refractivity contribution in [1.82, 2.24) is 10.2 Å². The summed E-state index contributed by atoms with van der Waals surface area (Å²) in [5.74, 6) is -0.286. The van der Waals surface area contributed by atoms with Crippen LogP contribution in [0.4, 0.5) is 9.18 Å². The molecule has 0 spiro atoms. The minimum absolute atomic E-state index is 0.0770. The number of urea groups is 1. The van der Waals surface area contributed by atoms with E-state index in [4.69, 9.17) is 9.47 Å². The van der Waals surface area contributed by atoms with Crippen molar-refractivity contribution in [2.75, 3.05) is 20.3 Å². The lowest BCUT2D eigenvalue weighted by Gasteiger charge is -2.38. The van der Waals surface area contributed by atoms with E-state index in [1.165, 1.54) is 12.1 Å². The number of halogens is 1. The zero-order valence-electron chi connectivity index (χ0n) is 14.2. The van der Waals surface area contributed by atoms with Gasteiger partial charge in [0.05, 0.1) is 24.8 Å². The molecule has 2 amide bonds. The number of hydrogen-bond donors (Lipinski definition) is 1. The van der Waals surface area contributed by atoms with Crippen molar-refractivity contribution in [3.8, 4) is 0 Å². The van der Waals surface area contributed by atoms with E-state index in [0.29, 0.717) is 13.2 Å². The second-order valence-corrected chi connectivity index (χ2v) is 6.55. The molecule has 3 rings (SSSR count). The highest BCUT2D eigenvalue weighted by atomic mass is 19.1. The van der Waals surface area contributed by atoms with Gasteiger partial charge in [0.15, 0.2) is 0 Å². The SMILES string of the molecule is COC(c1ccc(F)cc1)C(C)NC(=O)N1CCO[C@H]2CCC[C@H]21. The van der Waals surface area contributed by atoms with Crippen molar-refractivity contribution in [1.29, 1.82) is 0 Å². The predicted octanol–water partition coefficient (Wildman–Crippen LogP) is 2.86. The molecule has 5 nitrogen and oxygen atoms in total. The van der Waals surface area contributed by atoms with Crippen molar-refractivity contribution < 1.29 is 18.7 Å². The third-order valence-corrected chi connectivity index (χ3v) is 5.00. The summed E-state index contributed by atoms with van der Waals surface area (Å²) in [4.78, 5) is 14.6. The van der Waals surface area contributed by atoms with Gasteiger partial charge in [0, 0.05) is 13.7 Å². The number of carbonyl (C=O) groups is 1. The van der Waals surface area contributed by atoms with Gasteiger partial charge in [-0.05, 0) is 43.9 Å². The number of nitrogens with one attached hydrogen (secondary N) is 1. The van der Waals surface area contributed by atoms with E-state index in [-0.39, 0.29) is 36.1 Å². The number of carbonyl (C=O) groups excluding carboxylic acids is 1. The topological polar surface area (TPSA) is 50.8 Å². The smallest absolute Gasteiger partial charge is 0.318 e. The average molecular weight is 336 g/mol. The number of hydrogen-bond acceptors (Lipinski definition) is 3. The second kappa shape index (κ2) is 7.49. The van der Waals surface area contributed by atoms with Crippen molar-refractivity contribution >= 4 is 6.03 Å². The Bertz CT molecular complexity index is 566. The summed E-state index contributed by atoms with van der Waals surface area (Å²) in [6.45, 7) is 3.12. The van der Waals surface area contributed by atoms with E-state index in [9.17, 15) is 9.18 Å². The van der Waals surface area contributed by atoms with Crippen molar-refractivity contribution in [2.45, 2.75) is 50.5 Å². The molecule has 1 aromatic rings. The Balaban J connectivity index is 1.65. The Kier molecular flexibility index (Phi) is 5.36. The molecule has 2 unspecified atom stereocenters. The summed E-state index contributed by atoms with van der Waals surface area (Å²) in [6, 6.07) is 6.06. The summed E-state index contributed by atoms with van der Waals surface area (Å²) in [5, 5.41) is 3.04. The number of fused-ring (bicyclic) bond motifs is 1. The molecule has 0 aromatic heterocycles. The maximum Gasteiger partial charge on any atom is 0.318 e. The van der Waals surface area contributed by atoms with Crippen molar-refractivity contribution in [3.05, 3.63) is 35.6 Å². The maximum absolute atomic E-state index is 13.1. The monoisotopic (exact) mass is 336 g/mol. The molecular weight excluding hydrogens is 311 g/mol. The van der Waals surface area contributed by atoms with Gasteiger partial charge in [-0.2, -0.15) is 0 Å². The fraction of sp³-hybridized carbons (Fsp3) is 0.611. The number of benzene rings is 1. The first-order chi connectivity index (χ1) is 11.6. The average Bonchev–Trinajstić information content (AvgIpc) is 3.05. The molecule has 1 N–H and O–H groups in total. The van der Waals surface area contributed by atoms with E-state index >= 15 is 0 Å². The molecule has 1 aliphatic carbocycles. The molecule has 24 heavy (non-hydrogen) atoms. The van der Waals surface area contributed by atoms with Gasteiger partial charge in [-0.25, -0.2) is 9.18 Å². The van der Waals surface area contributed by atoms with Gasteiger partial charge < -0.3 is 19.7 Å². The quantitative estimate of drug-likeness (QED) is 0.920. The highest BCUT2D eigenvalue weighted by molar-refractivity contribution is 5.75. The zero-order chi connectivity index (χ0) is 17.1. The molecular formula is C18H25FN2O3. The molecule has 1 heterocycles. The van der Waals surface area contributed by atoms with Crippen LogP contribution >= 0.6 is 0 Å². The third kappa shape index (κ3) is 3.54. The van der Waals surface area contributed by atoms with Gasteiger partial charge in [0.25, 0.3) is 0 Å². The van der Waals surface area contributed by atoms with Gasteiger partial charge in [-0.1, -0.05) is 12.1 Å². The zero-order valence-corrected chi connectivity index (χ0v) is 14.2. The van der Waals surface area contributed by atoms with E-state index in [1.54, 1.807) is 19.2 Å². The number of nitrogens with zero attached hydrogens (tertiary/aromatic N) is 1. The summed E-state index contributed by atoms with van der Waals surface area (Å²) in [7, 11) is 1.60. The fourth-order valence-corrected chi connectivity index (χ4v) is 3.81. The normalized spacial score (nSPS) is 25.9. The van der Waals surface area contributed by atoms with Crippen molar-refractivity contribution in [3.63, 3.8) is 0 Å². The lowest BCUT2D eigenvalue weighted by atomic mass is 10.0. The lowest BCUT2D eigenvalue weighted by Crippen LogP contribution is -2.56. The van der Waals surface area contributed by atoms with E-state index < -0.39 is 0 Å². The molecule has 1 aliphatic heterocycles. The van der Waals surface area contributed by atoms with Crippen LogP contribution in [0.1, 0.15) is 37.9 Å². The molecule has 6 heteroatoms. The van der Waals surface area contributed by atoms with E-state index in [1.807, 2.05) is 11.8 Å². The highest BCUT2D eigenvalue weighted by Crippen LogP contribution is 2.30. The van der Waals surface area contributed by atoms with Crippen LogP contribution in [0, 0.1) is 5.82 Å². The number of methoxy groups -OCH3 is 1. The first-order valence-corrected chi connectivity index (χ1v) is 8.57.